The summed E-state index contributed by atoms with van der Waals surface area (Å²) >= 11 is 0. The maximum Gasteiger partial charge on any atom is 0.163 e. The third kappa shape index (κ3) is 3.69. The minimum atomic E-state index is 0.154. The van der Waals surface area contributed by atoms with Gasteiger partial charge >= 0.3 is 0 Å². The van der Waals surface area contributed by atoms with Gasteiger partial charge in [-0.3, -0.25) is 0 Å². The summed E-state index contributed by atoms with van der Waals surface area (Å²) in [5.41, 5.74) is 1.25. The minimum Gasteiger partial charge on any atom is -0.383 e. The van der Waals surface area contributed by atoms with E-state index in [1.165, 1.54) is 0 Å². The Kier molecular flexibility index (Phi) is 6.12. The molecule has 0 saturated heterocycles. The van der Waals surface area contributed by atoms with E-state index in [9.17, 15) is 0 Å². The van der Waals surface area contributed by atoms with Crippen molar-refractivity contribution in [3.8, 4) is 6.07 Å². The van der Waals surface area contributed by atoms with Crippen LogP contribution < -0.4 is 4.90 Å². The van der Waals surface area contributed by atoms with Gasteiger partial charge < -0.3 is 14.4 Å². The molecule has 0 amide bonds. The molecule has 1 aromatic rings. The fourth-order valence-corrected chi connectivity index (χ4v) is 1.81. The van der Waals surface area contributed by atoms with Crippen molar-refractivity contribution < 1.29 is 9.47 Å². The molecule has 0 bridgehead atoms. The van der Waals surface area contributed by atoms with Gasteiger partial charge in [-0.25, -0.2) is 4.98 Å². The third-order valence-electron chi connectivity index (χ3n) is 2.68. The monoisotopic (exact) mass is 249 g/mol. The summed E-state index contributed by atoms with van der Waals surface area (Å²) in [4.78, 5) is 6.17. The van der Waals surface area contributed by atoms with Gasteiger partial charge in [-0.1, -0.05) is 0 Å². The van der Waals surface area contributed by atoms with Crippen LogP contribution in [0.25, 0.3) is 0 Å². The Balaban J connectivity index is 2.97. The number of anilines is 1. The van der Waals surface area contributed by atoms with Crippen molar-refractivity contribution in [1.82, 2.24) is 4.98 Å². The van der Waals surface area contributed by atoms with Crippen LogP contribution in [-0.2, 0) is 9.47 Å². The average Bonchev–Trinajstić information content (AvgIpc) is 2.40. The summed E-state index contributed by atoms with van der Waals surface area (Å²) in [6, 6.07) is 5.99. The highest BCUT2D eigenvalue weighted by Gasteiger charge is 2.17. The number of rotatable bonds is 7. The third-order valence-corrected chi connectivity index (χ3v) is 2.68. The van der Waals surface area contributed by atoms with E-state index in [0.29, 0.717) is 25.5 Å². The van der Waals surface area contributed by atoms with Crippen molar-refractivity contribution in [2.45, 2.75) is 13.0 Å². The zero-order valence-corrected chi connectivity index (χ0v) is 11.1. The largest absolute Gasteiger partial charge is 0.383 e. The summed E-state index contributed by atoms with van der Waals surface area (Å²) < 4.78 is 10.3. The van der Waals surface area contributed by atoms with Gasteiger partial charge in [0.25, 0.3) is 0 Å². The molecule has 1 rings (SSSR count). The first-order valence-electron chi connectivity index (χ1n) is 5.84. The van der Waals surface area contributed by atoms with E-state index < -0.39 is 0 Å². The number of nitriles is 1. The van der Waals surface area contributed by atoms with Crippen molar-refractivity contribution in [3.05, 3.63) is 24.0 Å². The zero-order valence-electron chi connectivity index (χ0n) is 11.1. The highest BCUT2D eigenvalue weighted by molar-refractivity contribution is 5.56. The summed E-state index contributed by atoms with van der Waals surface area (Å²) in [6.45, 7) is 3.92. The molecule has 1 aromatic heterocycles. The molecule has 0 radical (unpaired) electrons. The van der Waals surface area contributed by atoms with Crippen LogP contribution in [0.1, 0.15) is 12.6 Å². The van der Waals surface area contributed by atoms with Gasteiger partial charge in [-0.2, -0.15) is 5.26 Å². The van der Waals surface area contributed by atoms with Gasteiger partial charge in [0.05, 0.1) is 18.9 Å². The Bertz CT molecular complexity index is 403. The molecule has 0 aliphatic rings. The second kappa shape index (κ2) is 7.64. The van der Waals surface area contributed by atoms with Crippen LogP contribution in [0.3, 0.4) is 0 Å². The van der Waals surface area contributed by atoms with Crippen molar-refractivity contribution in [1.29, 1.82) is 5.26 Å². The molecule has 0 aliphatic heterocycles. The fourth-order valence-electron chi connectivity index (χ4n) is 1.81. The summed E-state index contributed by atoms with van der Waals surface area (Å²) in [5.74, 6) is 0. The number of nitrogens with zero attached hydrogens (tertiary/aromatic N) is 3. The molecule has 0 saturated carbocycles. The lowest BCUT2D eigenvalue weighted by atomic mass is 10.2. The number of hydrogen-bond acceptors (Lipinski definition) is 5. The summed E-state index contributed by atoms with van der Waals surface area (Å²) in [7, 11) is 3.33. The van der Waals surface area contributed by atoms with E-state index in [1.807, 2.05) is 19.1 Å². The van der Waals surface area contributed by atoms with Crippen LogP contribution in [0.4, 0.5) is 5.69 Å². The second-order valence-corrected chi connectivity index (χ2v) is 3.97. The Morgan fingerprint density at radius 1 is 1.44 bits per heavy atom. The first kappa shape index (κ1) is 14.4. The van der Waals surface area contributed by atoms with Gasteiger partial charge in [0.15, 0.2) is 5.69 Å². The second-order valence-electron chi connectivity index (χ2n) is 3.97. The molecular formula is C13H19N3O2. The first-order chi connectivity index (χ1) is 8.74. The standard InChI is InChI=1S/C13H19N3O2/c1-11(10-18-3)16(7-8-17-2)13-5-4-6-15-12(13)9-14/h4-6,11H,7-8,10H2,1-3H3. The van der Waals surface area contributed by atoms with E-state index in [2.05, 4.69) is 16.0 Å². The normalized spacial score (nSPS) is 11.9. The lowest BCUT2D eigenvalue weighted by Gasteiger charge is -2.30. The van der Waals surface area contributed by atoms with Crippen LogP contribution in [0.15, 0.2) is 18.3 Å². The Hall–Kier alpha value is -1.64. The molecule has 5 nitrogen and oxygen atoms in total. The summed E-state index contributed by atoms with van der Waals surface area (Å²) in [6.07, 6.45) is 1.62. The number of hydrogen-bond donors (Lipinski definition) is 0. The predicted molar refractivity (Wildman–Crippen MR) is 69.5 cm³/mol. The van der Waals surface area contributed by atoms with E-state index in [-0.39, 0.29) is 6.04 Å². The number of pyridine rings is 1. The predicted octanol–water partition coefficient (Wildman–Crippen LogP) is 1.44. The van der Waals surface area contributed by atoms with Gasteiger partial charge in [-0.05, 0) is 19.1 Å². The van der Waals surface area contributed by atoms with Crippen LogP contribution >= 0.6 is 0 Å². The van der Waals surface area contributed by atoms with E-state index in [1.54, 1.807) is 20.4 Å². The highest BCUT2D eigenvalue weighted by Crippen LogP contribution is 2.20. The highest BCUT2D eigenvalue weighted by atomic mass is 16.5. The first-order valence-corrected chi connectivity index (χ1v) is 5.84. The molecule has 5 heteroatoms. The van der Waals surface area contributed by atoms with Crippen LogP contribution in [0.5, 0.6) is 0 Å². The molecule has 0 spiro atoms. The molecule has 0 fully saturated rings. The molecule has 1 atom stereocenters. The van der Waals surface area contributed by atoms with Gasteiger partial charge in [0, 0.05) is 33.0 Å². The lowest BCUT2D eigenvalue weighted by Crippen LogP contribution is -2.39. The van der Waals surface area contributed by atoms with E-state index >= 15 is 0 Å². The smallest absolute Gasteiger partial charge is 0.163 e. The SMILES string of the molecule is COCCN(c1cccnc1C#N)C(C)COC. The van der Waals surface area contributed by atoms with Gasteiger partial charge in [-0.15, -0.1) is 0 Å². The maximum atomic E-state index is 9.10. The lowest BCUT2D eigenvalue weighted by molar-refractivity contribution is 0.171. The summed E-state index contributed by atoms with van der Waals surface area (Å²) in [5, 5.41) is 9.10. The molecule has 0 aromatic carbocycles. The average molecular weight is 249 g/mol. The van der Waals surface area contributed by atoms with Crippen LogP contribution in [0, 0.1) is 11.3 Å². The number of methoxy groups -OCH3 is 2. The van der Waals surface area contributed by atoms with Crippen molar-refractivity contribution in [2.75, 3.05) is 38.9 Å². The molecule has 0 aliphatic carbocycles. The molecular weight excluding hydrogens is 230 g/mol. The van der Waals surface area contributed by atoms with Crippen molar-refractivity contribution in [2.24, 2.45) is 0 Å². The molecule has 1 heterocycles. The van der Waals surface area contributed by atoms with E-state index in [4.69, 9.17) is 14.7 Å². The number of aromatic nitrogens is 1. The molecule has 1 unspecified atom stereocenters. The topological polar surface area (TPSA) is 58.4 Å². The minimum absolute atomic E-state index is 0.154. The van der Waals surface area contributed by atoms with Crippen molar-refractivity contribution >= 4 is 5.69 Å². The quantitative estimate of drug-likeness (QED) is 0.732. The molecule has 18 heavy (non-hydrogen) atoms. The van der Waals surface area contributed by atoms with Gasteiger partial charge in [0.1, 0.15) is 6.07 Å². The van der Waals surface area contributed by atoms with Gasteiger partial charge in [0.2, 0.25) is 0 Å². The van der Waals surface area contributed by atoms with Crippen LogP contribution in [-0.4, -0.2) is 45.0 Å². The molecule has 98 valence electrons. The Morgan fingerprint density at radius 3 is 2.83 bits per heavy atom. The molecule has 0 N–H and O–H groups in total. The zero-order chi connectivity index (χ0) is 13.4. The maximum absolute atomic E-state index is 9.10. The van der Waals surface area contributed by atoms with Crippen molar-refractivity contribution in [3.63, 3.8) is 0 Å². The number of ether oxygens (including phenoxy) is 2. The van der Waals surface area contributed by atoms with Crippen LogP contribution in [0.2, 0.25) is 0 Å². The van der Waals surface area contributed by atoms with E-state index in [0.717, 1.165) is 5.69 Å². The Labute approximate surface area is 108 Å². The Morgan fingerprint density at radius 2 is 2.22 bits per heavy atom. The fraction of sp³-hybridized carbons (Fsp3) is 0.538.